The number of aliphatic carboxylic acids is 1. The van der Waals surface area contributed by atoms with E-state index in [0.29, 0.717) is 10.6 Å². The van der Waals surface area contributed by atoms with Crippen LogP contribution in [0.3, 0.4) is 0 Å². The first-order valence-electron chi connectivity index (χ1n) is 3.75. The quantitative estimate of drug-likeness (QED) is 0.799. The predicted octanol–water partition coefficient (Wildman–Crippen LogP) is 2.93. The van der Waals surface area contributed by atoms with Crippen LogP contribution in [-0.4, -0.2) is 11.1 Å². The molecule has 0 aliphatic rings. The second-order valence-electron chi connectivity index (χ2n) is 2.50. The van der Waals surface area contributed by atoms with E-state index in [2.05, 4.69) is 27.8 Å². The van der Waals surface area contributed by atoms with Crippen LogP contribution in [0.4, 0.5) is 0 Å². The van der Waals surface area contributed by atoms with Gasteiger partial charge >= 0.3 is 5.97 Å². The van der Waals surface area contributed by atoms with Crippen LogP contribution in [0.5, 0.6) is 0 Å². The molecule has 0 aliphatic carbocycles. The minimum absolute atomic E-state index is 0.168. The molecular formula is C10H6BrClO2. The first-order chi connectivity index (χ1) is 6.59. The second-order valence-corrected chi connectivity index (χ2v) is 3.79. The van der Waals surface area contributed by atoms with Crippen LogP contribution >= 0.6 is 27.5 Å². The Morgan fingerprint density at radius 1 is 1.57 bits per heavy atom. The zero-order valence-electron chi connectivity index (χ0n) is 7.05. The zero-order valence-corrected chi connectivity index (χ0v) is 9.39. The van der Waals surface area contributed by atoms with Crippen molar-refractivity contribution in [3.63, 3.8) is 0 Å². The summed E-state index contributed by atoms with van der Waals surface area (Å²) in [5, 5.41) is 8.95. The van der Waals surface area contributed by atoms with Gasteiger partial charge in [-0.15, -0.1) is 0 Å². The van der Waals surface area contributed by atoms with Gasteiger partial charge in [-0.1, -0.05) is 23.4 Å². The Morgan fingerprint density at radius 3 is 2.93 bits per heavy atom. The van der Waals surface area contributed by atoms with Gasteiger partial charge in [0, 0.05) is 15.1 Å². The Bertz CT molecular complexity index is 418. The van der Waals surface area contributed by atoms with E-state index >= 15 is 0 Å². The topological polar surface area (TPSA) is 37.3 Å². The summed E-state index contributed by atoms with van der Waals surface area (Å²) < 4.78 is 0.805. The Balaban J connectivity index is 2.88. The highest BCUT2D eigenvalue weighted by atomic mass is 79.9. The molecule has 1 N–H and O–H groups in total. The molecule has 0 aromatic heterocycles. The van der Waals surface area contributed by atoms with Crippen molar-refractivity contribution in [3.8, 4) is 11.8 Å². The third kappa shape index (κ3) is 3.41. The van der Waals surface area contributed by atoms with E-state index in [1.807, 2.05) is 0 Å². The summed E-state index contributed by atoms with van der Waals surface area (Å²) >= 11 is 9.04. The molecule has 1 rings (SSSR count). The van der Waals surface area contributed by atoms with Gasteiger partial charge in [0.15, 0.2) is 0 Å². The van der Waals surface area contributed by atoms with Gasteiger partial charge in [0.05, 0.1) is 0 Å². The molecule has 14 heavy (non-hydrogen) atoms. The average molecular weight is 274 g/mol. The van der Waals surface area contributed by atoms with Crippen LogP contribution in [0.15, 0.2) is 22.7 Å². The number of carboxylic acids is 1. The summed E-state index contributed by atoms with van der Waals surface area (Å²) in [6, 6.07) is 5.18. The molecule has 72 valence electrons. The van der Waals surface area contributed by atoms with Gasteiger partial charge in [0.2, 0.25) is 0 Å². The molecule has 1 aromatic rings. The highest BCUT2D eigenvalue weighted by Gasteiger charge is 1.97. The summed E-state index contributed by atoms with van der Waals surface area (Å²) in [7, 11) is 0. The highest BCUT2D eigenvalue weighted by Crippen LogP contribution is 2.19. The van der Waals surface area contributed by atoms with Gasteiger partial charge in [-0.05, 0) is 34.1 Å². The lowest BCUT2D eigenvalue weighted by Gasteiger charge is -1.95. The summed E-state index contributed by atoms with van der Waals surface area (Å²) in [4.78, 5) is 10.2. The molecule has 0 radical (unpaired) electrons. The van der Waals surface area contributed by atoms with Gasteiger partial charge in [0.1, 0.15) is 6.42 Å². The van der Waals surface area contributed by atoms with E-state index < -0.39 is 5.97 Å². The smallest absolute Gasteiger partial charge is 0.315 e. The largest absolute Gasteiger partial charge is 0.481 e. The number of carboxylic acid groups (broad SMARTS) is 1. The predicted molar refractivity (Wildman–Crippen MR) is 58.3 cm³/mol. The minimum Gasteiger partial charge on any atom is -0.481 e. The van der Waals surface area contributed by atoms with E-state index in [4.69, 9.17) is 16.7 Å². The van der Waals surface area contributed by atoms with Crippen LogP contribution in [0.25, 0.3) is 0 Å². The lowest BCUT2D eigenvalue weighted by Crippen LogP contribution is -1.90. The van der Waals surface area contributed by atoms with Crippen LogP contribution < -0.4 is 0 Å². The fourth-order valence-corrected chi connectivity index (χ4v) is 1.33. The molecule has 0 fully saturated rings. The summed E-state index contributed by atoms with van der Waals surface area (Å²) in [5.74, 6) is 4.32. The van der Waals surface area contributed by atoms with Gasteiger partial charge in [-0.2, -0.15) is 0 Å². The van der Waals surface area contributed by atoms with Crippen molar-refractivity contribution in [2.45, 2.75) is 6.42 Å². The van der Waals surface area contributed by atoms with Gasteiger partial charge in [-0.25, -0.2) is 0 Å². The molecule has 0 aliphatic heterocycles. The third-order valence-corrected chi connectivity index (χ3v) is 2.32. The van der Waals surface area contributed by atoms with Crippen LogP contribution in [0, 0.1) is 11.8 Å². The molecule has 0 amide bonds. The van der Waals surface area contributed by atoms with Crippen LogP contribution in [0.1, 0.15) is 12.0 Å². The summed E-state index contributed by atoms with van der Waals surface area (Å²) in [6.45, 7) is 0. The number of hydrogen-bond acceptors (Lipinski definition) is 1. The summed E-state index contributed by atoms with van der Waals surface area (Å²) in [6.07, 6.45) is -0.168. The fraction of sp³-hybridized carbons (Fsp3) is 0.100. The van der Waals surface area contributed by atoms with Crippen molar-refractivity contribution in [1.82, 2.24) is 0 Å². The number of halogens is 2. The number of benzene rings is 1. The maximum atomic E-state index is 10.2. The molecule has 0 bridgehead atoms. The molecule has 0 atom stereocenters. The molecular weight excluding hydrogens is 267 g/mol. The van der Waals surface area contributed by atoms with E-state index in [9.17, 15) is 4.79 Å². The van der Waals surface area contributed by atoms with Crippen molar-refractivity contribution in [1.29, 1.82) is 0 Å². The first-order valence-corrected chi connectivity index (χ1v) is 4.92. The summed E-state index contributed by atoms with van der Waals surface area (Å²) in [5.41, 5.74) is 0.693. The third-order valence-electron chi connectivity index (χ3n) is 1.39. The molecule has 0 saturated carbocycles. The number of hydrogen-bond donors (Lipinski definition) is 1. The lowest BCUT2D eigenvalue weighted by atomic mass is 10.2. The monoisotopic (exact) mass is 272 g/mol. The normalized spacial score (nSPS) is 9.00. The molecule has 4 heteroatoms. The molecule has 0 unspecified atom stereocenters. The Hall–Kier alpha value is -0.980. The molecule has 0 saturated heterocycles. The van der Waals surface area contributed by atoms with Crippen LogP contribution in [0.2, 0.25) is 5.02 Å². The van der Waals surface area contributed by atoms with E-state index in [0.717, 1.165) is 4.47 Å². The van der Waals surface area contributed by atoms with Gasteiger partial charge in [0.25, 0.3) is 0 Å². The molecule has 2 nitrogen and oxygen atoms in total. The lowest BCUT2D eigenvalue weighted by molar-refractivity contribution is -0.135. The second kappa shape index (κ2) is 5.04. The van der Waals surface area contributed by atoms with Crippen molar-refractivity contribution in [2.24, 2.45) is 0 Å². The van der Waals surface area contributed by atoms with Crippen LogP contribution in [-0.2, 0) is 4.79 Å². The van der Waals surface area contributed by atoms with Crippen molar-refractivity contribution >= 4 is 33.5 Å². The Labute approximate surface area is 95.0 Å². The first kappa shape index (κ1) is 11.1. The van der Waals surface area contributed by atoms with Crippen molar-refractivity contribution in [2.75, 3.05) is 0 Å². The highest BCUT2D eigenvalue weighted by molar-refractivity contribution is 9.10. The van der Waals surface area contributed by atoms with E-state index in [1.54, 1.807) is 18.2 Å². The van der Waals surface area contributed by atoms with E-state index in [-0.39, 0.29) is 6.42 Å². The average Bonchev–Trinajstić information content (AvgIpc) is 2.10. The molecule has 0 heterocycles. The standard InChI is InChI=1S/C10H6BrClO2/c11-9-5-4-8(12)6-7(9)2-1-3-10(13)14/h4-6H,3H2,(H,13,14). The van der Waals surface area contributed by atoms with Gasteiger partial charge < -0.3 is 5.11 Å². The maximum Gasteiger partial charge on any atom is 0.315 e. The Kier molecular flexibility index (Phi) is 3.99. The van der Waals surface area contributed by atoms with Gasteiger partial charge in [-0.3, -0.25) is 4.79 Å². The van der Waals surface area contributed by atoms with Crippen molar-refractivity contribution in [3.05, 3.63) is 33.3 Å². The molecule has 1 aromatic carbocycles. The number of carbonyl (C=O) groups is 1. The maximum absolute atomic E-state index is 10.2. The fourth-order valence-electron chi connectivity index (χ4n) is 0.808. The zero-order chi connectivity index (χ0) is 10.6. The minimum atomic E-state index is -0.935. The SMILES string of the molecule is O=C(O)CC#Cc1cc(Cl)ccc1Br. The molecule has 0 spiro atoms. The van der Waals surface area contributed by atoms with Crippen molar-refractivity contribution < 1.29 is 9.90 Å². The number of rotatable bonds is 1. The Morgan fingerprint density at radius 2 is 2.29 bits per heavy atom. The van der Waals surface area contributed by atoms with E-state index in [1.165, 1.54) is 0 Å².